The van der Waals surface area contributed by atoms with Gasteiger partial charge >= 0.3 is 0 Å². The molecule has 2 rings (SSSR count). The zero-order chi connectivity index (χ0) is 12.5. The standard InChI is InChI=1S/C13H15ClINO/c1-13(6-2-3-7-13)16-12(17)9-4-5-11(15)10(14)8-9/h4-5,8H,2-3,6-7H2,1H3,(H,16,17). The molecule has 1 aromatic carbocycles. The number of benzene rings is 1. The summed E-state index contributed by atoms with van der Waals surface area (Å²) in [6.07, 6.45) is 4.53. The van der Waals surface area contributed by atoms with Gasteiger partial charge in [0.05, 0.1) is 5.02 Å². The van der Waals surface area contributed by atoms with Gasteiger partial charge < -0.3 is 5.32 Å². The summed E-state index contributed by atoms with van der Waals surface area (Å²) in [6, 6.07) is 5.42. The Labute approximate surface area is 120 Å². The van der Waals surface area contributed by atoms with E-state index in [9.17, 15) is 4.79 Å². The van der Waals surface area contributed by atoms with Crippen molar-refractivity contribution in [3.63, 3.8) is 0 Å². The molecule has 0 saturated heterocycles. The van der Waals surface area contributed by atoms with Gasteiger partial charge in [0.2, 0.25) is 0 Å². The third-order valence-corrected chi connectivity index (χ3v) is 4.88. The molecule has 0 heterocycles. The summed E-state index contributed by atoms with van der Waals surface area (Å²) in [5, 5.41) is 3.75. The second kappa shape index (κ2) is 5.14. The molecule has 0 aliphatic heterocycles. The fourth-order valence-electron chi connectivity index (χ4n) is 2.26. The maximum Gasteiger partial charge on any atom is 0.251 e. The summed E-state index contributed by atoms with van der Waals surface area (Å²) in [5.74, 6) is -0.0206. The van der Waals surface area contributed by atoms with Crippen LogP contribution in [0.25, 0.3) is 0 Å². The largest absolute Gasteiger partial charge is 0.347 e. The molecule has 0 aromatic heterocycles. The van der Waals surface area contributed by atoms with E-state index in [-0.39, 0.29) is 11.4 Å². The predicted molar refractivity (Wildman–Crippen MR) is 78.5 cm³/mol. The molecule has 0 atom stereocenters. The normalized spacial score (nSPS) is 18.1. The van der Waals surface area contributed by atoms with Crippen LogP contribution in [0.4, 0.5) is 0 Å². The maximum absolute atomic E-state index is 12.1. The summed E-state index contributed by atoms with van der Waals surface area (Å²) in [4.78, 5) is 12.1. The average molecular weight is 364 g/mol. The molecule has 17 heavy (non-hydrogen) atoms. The fourth-order valence-corrected chi connectivity index (χ4v) is 2.78. The second-order valence-electron chi connectivity index (χ2n) is 4.85. The molecule has 2 nitrogen and oxygen atoms in total. The Kier molecular flexibility index (Phi) is 3.98. The predicted octanol–water partition coefficient (Wildman–Crippen LogP) is 4.01. The number of carbonyl (C=O) groups excluding carboxylic acids is 1. The molecule has 1 N–H and O–H groups in total. The van der Waals surface area contributed by atoms with E-state index in [2.05, 4.69) is 34.8 Å². The van der Waals surface area contributed by atoms with Crippen LogP contribution in [-0.2, 0) is 0 Å². The Bertz CT molecular complexity index is 441. The lowest BCUT2D eigenvalue weighted by molar-refractivity contribution is 0.0908. The summed E-state index contributed by atoms with van der Waals surface area (Å²) >= 11 is 8.18. The highest BCUT2D eigenvalue weighted by molar-refractivity contribution is 14.1. The van der Waals surface area contributed by atoms with E-state index >= 15 is 0 Å². The van der Waals surface area contributed by atoms with Gasteiger partial charge in [-0.1, -0.05) is 24.4 Å². The van der Waals surface area contributed by atoms with Crippen molar-refractivity contribution in [1.82, 2.24) is 5.32 Å². The zero-order valence-corrected chi connectivity index (χ0v) is 12.6. The molecule has 0 unspecified atom stereocenters. The quantitative estimate of drug-likeness (QED) is 0.791. The molecule has 1 amide bonds. The topological polar surface area (TPSA) is 29.1 Å². The van der Waals surface area contributed by atoms with Crippen LogP contribution in [0.3, 0.4) is 0 Å². The van der Waals surface area contributed by atoms with Gasteiger partial charge in [0.15, 0.2) is 0 Å². The van der Waals surface area contributed by atoms with Gasteiger partial charge in [-0.25, -0.2) is 0 Å². The van der Waals surface area contributed by atoms with Crippen LogP contribution in [0.5, 0.6) is 0 Å². The van der Waals surface area contributed by atoms with E-state index in [1.807, 2.05) is 12.1 Å². The molecule has 0 radical (unpaired) electrons. The van der Waals surface area contributed by atoms with Crippen LogP contribution in [0, 0.1) is 3.57 Å². The summed E-state index contributed by atoms with van der Waals surface area (Å²) in [6.45, 7) is 2.12. The summed E-state index contributed by atoms with van der Waals surface area (Å²) < 4.78 is 0.966. The molecule has 1 saturated carbocycles. The summed E-state index contributed by atoms with van der Waals surface area (Å²) in [7, 11) is 0. The third kappa shape index (κ3) is 3.13. The van der Waals surface area contributed by atoms with Crippen molar-refractivity contribution in [3.05, 3.63) is 32.4 Å². The molecule has 4 heteroatoms. The van der Waals surface area contributed by atoms with Crippen LogP contribution >= 0.6 is 34.2 Å². The van der Waals surface area contributed by atoms with Crippen LogP contribution in [0.2, 0.25) is 5.02 Å². The molecule has 1 aliphatic rings. The molecule has 92 valence electrons. The molecule has 1 fully saturated rings. The molecule has 1 aromatic rings. The van der Waals surface area contributed by atoms with Gasteiger partial charge in [-0.2, -0.15) is 0 Å². The molecule has 0 bridgehead atoms. The Morgan fingerprint density at radius 3 is 2.65 bits per heavy atom. The van der Waals surface area contributed by atoms with Crippen LogP contribution < -0.4 is 5.32 Å². The number of hydrogen-bond acceptors (Lipinski definition) is 1. The lowest BCUT2D eigenvalue weighted by atomic mass is 10.00. The lowest BCUT2D eigenvalue weighted by Gasteiger charge is -2.25. The first-order chi connectivity index (χ1) is 8.00. The van der Waals surface area contributed by atoms with Crippen molar-refractivity contribution in [3.8, 4) is 0 Å². The van der Waals surface area contributed by atoms with E-state index < -0.39 is 0 Å². The van der Waals surface area contributed by atoms with Crippen molar-refractivity contribution in [1.29, 1.82) is 0 Å². The first-order valence-corrected chi connectivity index (χ1v) is 7.23. The summed E-state index contributed by atoms with van der Waals surface area (Å²) in [5.41, 5.74) is 0.607. The Hall–Kier alpha value is -0.290. The Morgan fingerprint density at radius 1 is 1.41 bits per heavy atom. The highest BCUT2D eigenvalue weighted by Crippen LogP contribution is 2.29. The molecule has 0 spiro atoms. The van der Waals surface area contributed by atoms with Crippen molar-refractivity contribution >= 4 is 40.1 Å². The highest BCUT2D eigenvalue weighted by Gasteiger charge is 2.30. The van der Waals surface area contributed by atoms with Gasteiger partial charge in [0.25, 0.3) is 5.91 Å². The van der Waals surface area contributed by atoms with Gasteiger partial charge in [0, 0.05) is 14.7 Å². The highest BCUT2D eigenvalue weighted by atomic mass is 127. The number of hydrogen-bond donors (Lipinski definition) is 1. The molecular formula is C13H15ClINO. The first kappa shape index (κ1) is 13.1. The maximum atomic E-state index is 12.1. The van der Waals surface area contributed by atoms with E-state index in [1.165, 1.54) is 12.8 Å². The Balaban J connectivity index is 2.11. The molecule has 1 aliphatic carbocycles. The van der Waals surface area contributed by atoms with Crippen molar-refractivity contribution in [2.24, 2.45) is 0 Å². The van der Waals surface area contributed by atoms with Gasteiger partial charge in [-0.15, -0.1) is 0 Å². The number of nitrogens with one attached hydrogen (secondary N) is 1. The number of amides is 1. The second-order valence-corrected chi connectivity index (χ2v) is 6.42. The van der Waals surface area contributed by atoms with Crippen molar-refractivity contribution in [2.45, 2.75) is 38.1 Å². The number of rotatable bonds is 2. The SMILES string of the molecule is CC1(NC(=O)c2ccc(I)c(Cl)c2)CCCC1. The zero-order valence-electron chi connectivity index (χ0n) is 9.72. The number of carbonyl (C=O) groups is 1. The van der Waals surface area contributed by atoms with Gasteiger partial charge in [-0.05, 0) is 60.6 Å². The number of halogens is 2. The van der Waals surface area contributed by atoms with Crippen LogP contribution in [0.1, 0.15) is 43.0 Å². The van der Waals surface area contributed by atoms with Crippen LogP contribution in [-0.4, -0.2) is 11.4 Å². The van der Waals surface area contributed by atoms with Crippen molar-refractivity contribution in [2.75, 3.05) is 0 Å². The fraction of sp³-hybridized carbons (Fsp3) is 0.462. The lowest BCUT2D eigenvalue weighted by Crippen LogP contribution is -2.43. The van der Waals surface area contributed by atoms with Gasteiger partial charge in [-0.3, -0.25) is 4.79 Å². The van der Waals surface area contributed by atoms with E-state index in [0.717, 1.165) is 16.4 Å². The minimum absolute atomic E-state index is 0.0206. The monoisotopic (exact) mass is 363 g/mol. The van der Waals surface area contributed by atoms with Crippen LogP contribution in [0.15, 0.2) is 18.2 Å². The van der Waals surface area contributed by atoms with E-state index in [1.54, 1.807) is 6.07 Å². The van der Waals surface area contributed by atoms with E-state index in [0.29, 0.717) is 10.6 Å². The Morgan fingerprint density at radius 2 is 2.06 bits per heavy atom. The molecular weight excluding hydrogens is 349 g/mol. The first-order valence-electron chi connectivity index (χ1n) is 5.78. The third-order valence-electron chi connectivity index (χ3n) is 3.30. The van der Waals surface area contributed by atoms with Crippen molar-refractivity contribution < 1.29 is 4.79 Å². The minimum atomic E-state index is -0.0352. The van der Waals surface area contributed by atoms with E-state index in [4.69, 9.17) is 11.6 Å². The smallest absolute Gasteiger partial charge is 0.251 e. The minimum Gasteiger partial charge on any atom is -0.347 e. The average Bonchev–Trinajstić information content (AvgIpc) is 2.69. The van der Waals surface area contributed by atoms with Gasteiger partial charge in [0.1, 0.15) is 0 Å².